The van der Waals surface area contributed by atoms with Crippen molar-refractivity contribution in [3.8, 4) is 17.2 Å². The lowest BCUT2D eigenvalue weighted by Crippen LogP contribution is -2.33. The Balaban J connectivity index is 1.47. The highest BCUT2D eigenvalue weighted by Gasteiger charge is 2.24. The first-order valence-electron chi connectivity index (χ1n) is 9.98. The van der Waals surface area contributed by atoms with Gasteiger partial charge < -0.3 is 18.8 Å². The molecule has 0 bridgehead atoms. The highest BCUT2D eigenvalue weighted by Crippen LogP contribution is 2.32. The molecule has 3 aromatic rings. The average molecular weight is 440 g/mol. The number of rotatable bonds is 7. The summed E-state index contributed by atoms with van der Waals surface area (Å²) in [7, 11) is 0. The molecular weight excluding hydrogens is 419 g/mol. The number of hydrogen-bond acceptors (Lipinski definition) is 6. The van der Waals surface area contributed by atoms with Crippen LogP contribution < -0.4 is 14.2 Å². The van der Waals surface area contributed by atoms with E-state index in [1.807, 2.05) is 42.7 Å². The van der Waals surface area contributed by atoms with Crippen molar-refractivity contribution in [3.05, 3.63) is 81.4 Å². The van der Waals surface area contributed by atoms with Gasteiger partial charge in [0.2, 0.25) is 5.78 Å². The van der Waals surface area contributed by atoms with Crippen LogP contribution in [0.1, 0.15) is 21.7 Å². The SMILES string of the molecule is Cc1cc(C(=O)COc2cc(F)ccc2[N+](=O)[O-])c(C)n1CC1COc2ccccc2O1. The third kappa shape index (κ3) is 4.27. The summed E-state index contributed by atoms with van der Waals surface area (Å²) in [6, 6.07) is 12.0. The molecule has 2 aromatic carbocycles. The van der Waals surface area contributed by atoms with Gasteiger partial charge in [-0.2, -0.15) is 0 Å². The summed E-state index contributed by atoms with van der Waals surface area (Å²) in [5.41, 5.74) is 1.59. The smallest absolute Gasteiger partial charge is 0.311 e. The number of nitro groups is 1. The monoisotopic (exact) mass is 440 g/mol. The molecule has 0 N–H and O–H groups in total. The van der Waals surface area contributed by atoms with Crippen molar-refractivity contribution in [1.82, 2.24) is 4.57 Å². The maximum absolute atomic E-state index is 13.5. The molecule has 1 aromatic heterocycles. The van der Waals surface area contributed by atoms with Gasteiger partial charge in [-0.05, 0) is 38.1 Å². The zero-order valence-corrected chi connectivity index (χ0v) is 17.5. The lowest BCUT2D eigenvalue weighted by molar-refractivity contribution is -0.385. The van der Waals surface area contributed by atoms with Gasteiger partial charge in [-0.3, -0.25) is 14.9 Å². The second kappa shape index (κ2) is 8.70. The number of nitrogens with zero attached hydrogens (tertiary/aromatic N) is 2. The van der Waals surface area contributed by atoms with Gasteiger partial charge in [0.1, 0.15) is 12.4 Å². The van der Waals surface area contributed by atoms with Crippen LogP contribution in [-0.2, 0) is 6.54 Å². The first-order chi connectivity index (χ1) is 15.3. The summed E-state index contributed by atoms with van der Waals surface area (Å²) in [5, 5.41) is 11.1. The molecule has 9 heteroatoms. The standard InChI is InChI=1S/C23H21FN2O6/c1-14-9-18(20(27)13-31-23-10-16(24)7-8-19(23)26(28)29)15(2)25(14)11-17-12-30-21-5-3-4-6-22(21)32-17/h3-10,17H,11-13H2,1-2H3. The molecule has 0 amide bonds. The van der Waals surface area contributed by atoms with E-state index in [-0.39, 0.29) is 17.6 Å². The second-order valence-corrected chi connectivity index (χ2v) is 7.47. The molecule has 8 nitrogen and oxygen atoms in total. The zero-order valence-electron chi connectivity index (χ0n) is 17.5. The number of aryl methyl sites for hydroxylation is 1. The molecule has 1 unspecified atom stereocenters. The van der Waals surface area contributed by atoms with Crippen molar-refractivity contribution in [3.63, 3.8) is 0 Å². The van der Waals surface area contributed by atoms with Gasteiger partial charge in [-0.25, -0.2) is 4.39 Å². The number of ketones is 1. The van der Waals surface area contributed by atoms with Gasteiger partial charge in [-0.15, -0.1) is 0 Å². The van der Waals surface area contributed by atoms with E-state index in [0.29, 0.717) is 35.9 Å². The van der Waals surface area contributed by atoms with Crippen molar-refractivity contribution in [2.45, 2.75) is 26.5 Å². The topological polar surface area (TPSA) is 92.8 Å². The number of ether oxygens (including phenoxy) is 3. The molecule has 0 radical (unpaired) electrons. The third-order valence-electron chi connectivity index (χ3n) is 5.31. The van der Waals surface area contributed by atoms with Crippen LogP contribution in [0.5, 0.6) is 17.2 Å². The van der Waals surface area contributed by atoms with E-state index in [1.165, 1.54) is 0 Å². The summed E-state index contributed by atoms with van der Waals surface area (Å²) in [4.78, 5) is 23.2. The van der Waals surface area contributed by atoms with E-state index >= 15 is 0 Å². The van der Waals surface area contributed by atoms with E-state index in [9.17, 15) is 19.3 Å². The first kappa shape index (κ1) is 21.4. The number of benzene rings is 2. The van der Waals surface area contributed by atoms with Crippen LogP contribution in [-0.4, -0.2) is 34.6 Å². The Labute approximate surface area is 183 Å². The minimum atomic E-state index is -0.687. The van der Waals surface area contributed by atoms with Gasteiger partial charge in [0.15, 0.2) is 30.0 Å². The zero-order chi connectivity index (χ0) is 22.8. The number of nitro benzene ring substituents is 1. The lowest BCUT2D eigenvalue weighted by Gasteiger charge is -2.27. The summed E-state index contributed by atoms with van der Waals surface area (Å²) >= 11 is 0. The number of fused-ring (bicyclic) bond motifs is 1. The van der Waals surface area contributed by atoms with Crippen molar-refractivity contribution in [1.29, 1.82) is 0 Å². The van der Waals surface area contributed by atoms with Gasteiger partial charge in [0.25, 0.3) is 0 Å². The third-order valence-corrected chi connectivity index (χ3v) is 5.31. The summed E-state index contributed by atoms with van der Waals surface area (Å²) in [5.74, 6) is 0.0295. The molecule has 0 aliphatic carbocycles. The van der Waals surface area contributed by atoms with Crippen LogP contribution in [0.25, 0.3) is 0 Å². The Kier molecular flexibility index (Phi) is 5.81. The normalized spacial score (nSPS) is 14.8. The number of aromatic nitrogens is 1. The fourth-order valence-corrected chi connectivity index (χ4v) is 3.70. The van der Waals surface area contributed by atoms with Gasteiger partial charge in [0, 0.05) is 29.1 Å². The van der Waals surface area contributed by atoms with E-state index < -0.39 is 23.0 Å². The Morgan fingerprint density at radius 1 is 1.22 bits per heavy atom. The number of hydrogen-bond donors (Lipinski definition) is 0. The van der Waals surface area contributed by atoms with Crippen LogP contribution in [0.3, 0.4) is 0 Å². The number of carbonyl (C=O) groups excluding carboxylic acids is 1. The average Bonchev–Trinajstić information content (AvgIpc) is 3.05. The van der Waals surface area contributed by atoms with Gasteiger partial charge in [0.05, 0.1) is 11.5 Å². The molecule has 0 spiro atoms. The molecule has 0 fully saturated rings. The first-order valence-corrected chi connectivity index (χ1v) is 9.98. The molecule has 0 saturated carbocycles. The largest absolute Gasteiger partial charge is 0.486 e. The van der Waals surface area contributed by atoms with E-state index in [0.717, 1.165) is 23.9 Å². The van der Waals surface area contributed by atoms with E-state index in [1.54, 1.807) is 6.07 Å². The molecule has 1 atom stereocenters. The summed E-state index contributed by atoms with van der Waals surface area (Å²) in [6.07, 6.45) is -0.233. The lowest BCUT2D eigenvalue weighted by atomic mass is 10.1. The molecule has 166 valence electrons. The van der Waals surface area contributed by atoms with E-state index in [4.69, 9.17) is 14.2 Å². The van der Waals surface area contributed by atoms with Crippen LogP contribution in [0, 0.1) is 29.8 Å². The fraction of sp³-hybridized carbons (Fsp3) is 0.261. The number of halogens is 1. The quantitative estimate of drug-likeness (QED) is 0.310. The summed E-state index contributed by atoms with van der Waals surface area (Å²) in [6.45, 7) is 4.09. The van der Waals surface area contributed by atoms with Crippen molar-refractivity contribution in [2.24, 2.45) is 0 Å². The highest BCUT2D eigenvalue weighted by atomic mass is 19.1. The molecule has 2 heterocycles. The Morgan fingerprint density at radius 2 is 1.97 bits per heavy atom. The van der Waals surface area contributed by atoms with Crippen molar-refractivity contribution < 1.29 is 28.3 Å². The Hall–Kier alpha value is -3.88. The molecular formula is C23H21FN2O6. The fourth-order valence-electron chi connectivity index (χ4n) is 3.70. The van der Waals surface area contributed by atoms with Crippen LogP contribution in [0.4, 0.5) is 10.1 Å². The predicted molar refractivity (Wildman–Crippen MR) is 113 cm³/mol. The molecule has 0 saturated heterocycles. The minimum absolute atomic E-state index is 0.233. The van der Waals surface area contributed by atoms with Crippen molar-refractivity contribution >= 4 is 11.5 Å². The summed E-state index contributed by atoms with van der Waals surface area (Å²) < 4.78 is 32.5. The highest BCUT2D eigenvalue weighted by molar-refractivity contribution is 5.98. The van der Waals surface area contributed by atoms with Crippen LogP contribution in [0.2, 0.25) is 0 Å². The maximum atomic E-state index is 13.5. The van der Waals surface area contributed by atoms with E-state index in [2.05, 4.69) is 0 Å². The Morgan fingerprint density at radius 3 is 2.72 bits per heavy atom. The minimum Gasteiger partial charge on any atom is -0.486 e. The Bertz CT molecular complexity index is 1190. The van der Waals surface area contributed by atoms with Gasteiger partial charge >= 0.3 is 5.69 Å². The number of para-hydroxylation sites is 2. The van der Waals surface area contributed by atoms with Gasteiger partial charge in [-0.1, -0.05) is 12.1 Å². The molecule has 1 aliphatic rings. The second-order valence-electron chi connectivity index (χ2n) is 7.47. The maximum Gasteiger partial charge on any atom is 0.311 e. The molecule has 32 heavy (non-hydrogen) atoms. The number of Topliss-reactive ketones (excluding diaryl/α,β-unsaturated/α-hetero) is 1. The number of carbonyl (C=O) groups is 1. The molecule has 4 rings (SSSR count). The predicted octanol–water partition coefficient (Wildman–Crippen LogP) is 4.25. The van der Waals surface area contributed by atoms with Crippen molar-refractivity contribution in [2.75, 3.05) is 13.2 Å². The molecule has 1 aliphatic heterocycles. The van der Waals surface area contributed by atoms with Crippen LogP contribution >= 0.6 is 0 Å². The van der Waals surface area contributed by atoms with Crippen LogP contribution in [0.15, 0.2) is 48.5 Å².